The fourth-order valence-electron chi connectivity index (χ4n) is 3.92. The first-order valence-corrected chi connectivity index (χ1v) is 13.0. The number of benzene rings is 3. The van der Waals surface area contributed by atoms with Crippen molar-refractivity contribution in [2.45, 2.75) is 57.6 Å². The summed E-state index contributed by atoms with van der Waals surface area (Å²) in [6.45, 7) is 6.96. The lowest BCUT2D eigenvalue weighted by molar-refractivity contribution is 0.0930. The van der Waals surface area contributed by atoms with Gasteiger partial charge in [0.1, 0.15) is 12.4 Å². The maximum Gasteiger partial charge on any atom is 0.252 e. The molecule has 174 valence electrons. The van der Waals surface area contributed by atoms with Crippen LogP contribution in [0.1, 0.15) is 66.7 Å². The quantitative estimate of drug-likeness (QED) is 0.301. The highest BCUT2D eigenvalue weighted by Gasteiger charge is 2.19. The van der Waals surface area contributed by atoms with E-state index < -0.39 is 0 Å². The Morgan fingerprint density at radius 1 is 1.00 bits per heavy atom. The molecule has 0 saturated carbocycles. The van der Waals surface area contributed by atoms with Gasteiger partial charge >= 0.3 is 0 Å². The molecule has 0 spiro atoms. The zero-order valence-corrected chi connectivity index (χ0v) is 21.0. The van der Waals surface area contributed by atoms with Crippen molar-refractivity contribution in [3.63, 3.8) is 0 Å². The molecule has 0 aliphatic rings. The Morgan fingerprint density at radius 2 is 1.73 bits per heavy atom. The Hall–Kier alpha value is -2.72. The molecule has 3 rings (SSSR count). The van der Waals surface area contributed by atoms with Crippen molar-refractivity contribution in [3.05, 3.63) is 95.1 Å². The van der Waals surface area contributed by atoms with E-state index in [-0.39, 0.29) is 11.9 Å². The van der Waals surface area contributed by atoms with Crippen molar-refractivity contribution in [3.8, 4) is 5.75 Å². The van der Waals surface area contributed by atoms with Gasteiger partial charge in [-0.1, -0.05) is 69.7 Å². The van der Waals surface area contributed by atoms with Crippen molar-refractivity contribution in [1.82, 2.24) is 5.32 Å². The molecule has 1 amide bonds. The molecule has 1 N–H and O–H groups in total. The van der Waals surface area contributed by atoms with Gasteiger partial charge in [-0.25, -0.2) is 0 Å². The van der Waals surface area contributed by atoms with Crippen LogP contribution in [0.15, 0.2) is 77.7 Å². The number of ether oxygens (including phenoxy) is 1. The Kier molecular flexibility index (Phi) is 9.44. The van der Waals surface area contributed by atoms with Gasteiger partial charge < -0.3 is 10.1 Å². The van der Waals surface area contributed by atoms with Crippen LogP contribution in [0.3, 0.4) is 0 Å². The van der Waals surface area contributed by atoms with E-state index in [0.717, 1.165) is 47.3 Å². The lowest BCUT2D eigenvalue weighted by atomic mass is 9.95. The van der Waals surface area contributed by atoms with Crippen LogP contribution in [0.4, 0.5) is 0 Å². The number of thioether (sulfide) groups is 1. The normalized spacial score (nSPS) is 11.9. The molecule has 33 heavy (non-hydrogen) atoms. The summed E-state index contributed by atoms with van der Waals surface area (Å²) in [6.07, 6.45) is 4.84. The third kappa shape index (κ3) is 7.40. The van der Waals surface area contributed by atoms with Gasteiger partial charge in [0.05, 0.1) is 6.04 Å². The molecule has 1 atom stereocenters. The Balaban J connectivity index is 1.81. The van der Waals surface area contributed by atoms with Gasteiger partial charge in [0.2, 0.25) is 0 Å². The monoisotopic (exact) mass is 461 g/mol. The number of nitrogens with one attached hydrogen (secondary N) is 1. The third-order valence-corrected chi connectivity index (χ3v) is 6.36. The summed E-state index contributed by atoms with van der Waals surface area (Å²) in [5.41, 5.74) is 3.98. The van der Waals surface area contributed by atoms with Crippen molar-refractivity contribution in [2.75, 3.05) is 6.26 Å². The molecule has 0 fully saturated rings. The van der Waals surface area contributed by atoms with Crippen molar-refractivity contribution < 1.29 is 9.53 Å². The summed E-state index contributed by atoms with van der Waals surface area (Å²) in [7, 11) is 0. The first-order chi connectivity index (χ1) is 16.0. The van der Waals surface area contributed by atoms with Crippen molar-refractivity contribution in [2.24, 2.45) is 5.92 Å². The molecule has 0 aliphatic carbocycles. The van der Waals surface area contributed by atoms with Crippen LogP contribution in [0.2, 0.25) is 0 Å². The highest BCUT2D eigenvalue weighted by atomic mass is 32.2. The summed E-state index contributed by atoms with van der Waals surface area (Å²) >= 11 is 1.73. The molecule has 0 bridgehead atoms. The first kappa shape index (κ1) is 24.9. The van der Waals surface area contributed by atoms with Gasteiger partial charge in [0, 0.05) is 10.5 Å². The average molecular weight is 462 g/mol. The minimum absolute atomic E-state index is 0.0143. The molecule has 3 aromatic rings. The molecule has 0 saturated heterocycles. The fraction of sp³-hybridized carbons (Fsp3) is 0.345. The van der Waals surface area contributed by atoms with Crippen LogP contribution in [-0.4, -0.2) is 12.2 Å². The largest absolute Gasteiger partial charge is 0.489 e. The number of para-hydroxylation sites is 1. The van der Waals surface area contributed by atoms with Crippen LogP contribution < -0.4 is 10.1 Å². The third-order valence-electron chi connectivity index (χ3n) is 5.62. The Labute approximate surface area is 203 Å². The van der Waals surface area contributed by atoms with E-state index in [1.807, 2.05) is 36.4 Å². The highest BCUT2D eigenvalue weighted by Crippen LogP contribution is 2.25. The summed E-state index contributed by atoms with van der Waals surface area (Å²) in [5, 5.41) is 3.33. The predicted molar refractivity (Wildman–Crippen MR) is 139 cm³/mol. The standard InChI is InChI=1S/C29H35NO2S/c1-5-9-23-13-12-22(20-32-25-10-7-6-8-11-25)19-27(23)29(31)30-28(18-21(2)3)24-14-16-26(33-4)17-15-24/h6-8,10-17,19,21,28H,5,9,18,20H2,1-4H3,(H,30,31). The first-order valence-electron chi connectivity index (χ1n) is 11.7. The molecule has 1 unspecified atom stereocenters. The number of hydrogen-bond donors (Lipinski definition) is 1. The van der Waals surface area contributed by atoms with Crippen molar-refractivity contribution in [1.29, 1.82) is 0 Å². The SMILES string of the molecule is CCCc1ccc(COc2ccccc2)cc1C(=O)NC(CC(C)C)c1ccc(SC)cc1. The van der Waals surface area contributed by atoms with Crippen LogP contribution in [0.5, 0.6) is 5.75 Å². The second kappa shape index (κ2) is 12.5. The van der Waals surface area contributed by atoms with E-state index in [4.69, 9.17) is 4.74 Å². The van der Waals surface area contributed by atoms with Crippen LogP contribution >= 0.6 is 11.8 Å². The molecule has 0 radical (unpaired) electrons. The van der Waals surface area contributed by atoms with Gasteiger partial charge in [0.15, 0.2) is 0 Å². The van der Waals surface area contributed by atoms with E-state index in [9.17, 15) is 4.79 Å². The van der Waals surface area contributed by atoms with Crippen LogP contribution in [0.25, 0.3) is 0 Å². The van der Waals surface area contributed by atoms with E-state index in [0.29, 0.717) is 12.5 Å². The number of hydrogen-bond acceptors (Lipinski definition) is 3. The predicted octanol–water partition coefficient (Wildman–Crippen LogP) is 7.46. The second-order valence-electron chi connectivity index (χ2n) is 8.77. The van der Waals surface area contributed by atoms with Gasteiger partial charge in [-0.2, -0.15) is 0 Å². The molecule has 0 aromatic heterocycles. The molecular weight excluding hydrogens is 426 g/mol. The van der Waals surface area contributed by atoms with Gasteiger partial charge in [-0.3, -0.25) is 4.79 Å². The van der Waals surface area contributed by atoms with Gasteiger partial charge in [-0.15, -0.1) is 11.8 Å². The smallest absolute Gasteiger partial charge is 0.252 e. The summed E-state index contributed by atoms with van der Waals surface area (Å²) in [6, 6.07) is 24.4. The maximum atomic E-state index is 13.5. The zero-order chi connectivity index (χ0) is 23.6. The topological polar surface area (TPSA) is 38.3 Å². The molecule has 4 heteroatoms. The summed E-state index contributed by atoms with van der Waals surface area (Å²) in [4.78, 5) is 14.7. The van der Waals surface area contributed by atoms with E-state index in [1.165, 1.54) is 4.90 Å². The van der Waals surface area contributed by atoms with Crippen molar-refractivity contribution >= 4 is 17.7 Å². The molecular formula is C29H35NO2S. The van der Waals surface area contributed by atoms with E-state index in [1.54, 1.807) is 11.8 Å². The number of carbonyl (C=O) groups excluding carboxylic acids is 1. The number of rotatable bonds is 11. The van der Waals surface area contributed by atoms with Gasteiger partial charge in [0.25, 0.3) is 5.91 Å². The number of amides is 1. The molecule has 3 nitrogen and oxygen atoms in total. The fourth-order valence-corrected chi connectivity index (χ4v) is 4.33. The van der Waals surface area contributed by atoms with Crippen LogP contribution in [0, 0.1) is 5.92 Å². The Bertz CT molecular complexity index is 1020. The average Bonchev–Trinajstić information content (AvgIpc) is 2.83. The minimum Gasteiger partial charge on any atom is -0.489 e. The number of aryl methyl sites for hydroxylation is 1. The molecule has 0 heterocycles. The summed E-state index contributed by atoms with van der Waals surface area (Å²) in [5.74, 6) is 1.28. The summed E-state index contributed by atoms with van der Waals surface area (Å²) < 4.78 is 5.92. The van der Waals surface area contributed by atoms with E-state index >= 15 is 0 Å². The maximum absolute atomic E-state index is 13.5. The Morgan fingerprint density at radius 3 is 2.36 bits per heavy atom. The molecule has 0 aliphatic heterocycles. The van der Waals surface area contributed by atoms with Gasteiger partial charge in [-0.05, 0) is 72.0 Å². The van der Waals surface area contributed by atoms with E-state index in [2.05, 4.69) is 68.7 Å². The molecule has 3 aromatic carbocycles. The lowest BCUT2D eigenvalue weighted by Gasteiger charge is -2.22. The van der Waals surface area contributed by atoms with Crippen LogP contribution in [-0.2, 0) is 13.0 Å². The zero-order valence-electron chi connectivity index (χ0n) is 20.1. The highest BCUT2D eigenvalue weighted by molar-refractivity contribution is 7.98. The minimum atomic E-state index is -0.0212. The number of carbonyl (C=O) groups is 1. The second-order valence-corrected chi connectivity index (χ2v) is 9.65. The lowest BCUT2D eigenvalue weighted by Crippen LogP contribution is -2.30.